The van der Waals surface area contributed by atoms with Crippen LogP contribution in [0.1, 0.15) is 12.0 Å². The SMILES string of the molecule is COc1cc(CCC(=O)Nc2ccc(-c3nc4ccccc4o3)cc2)cc(OC)c1OC. The second-order valence-corrected chi connectivity index (χ2v) is 7.15. The molecule has 4 aromatic rings. The lowest BCUT2D eigenvalue weighted by Crippen LogP contribution is -2.12. The summed E-state index contributed by atoms with van der Waals surface area (Å²) in [6.07, 6.45) is 0.842. The van der Waals surface area contributed by atoms with E-state index in [9.17, 15) is 4.79 Å². The first-order valence-electron chi connectivity index (χ1n) is 10.2. The number of amides is 1. The summed E-state index contributed by atoms with van der Waals surface area (Å²) in [5, 5.41) is 2.92. The van der Waals surface area contributed by atoms with Crippen LogP contribution in [0.15, 0.2) is 65.1 Å². The van der Waals surface area contributed by atoms with Gasteiger partial charge in [-0.05, 0) is 60.5 Å². The Morgan fingerprint density at radius 1 is 0.938 bits per heavy atom. The van der Waals surface area contributed by atoms with Crippen molar-refractivity contribution in [2.75, 3.05) is 26.6 Å². The molecule has 4 rings (SSSR count). The summed E-state index contributed by atoms with van der Waals surface area (Å²) in [5.74, 6) is 2.12. The third-order valence-electron chi connectivity index (χ3n) is 5.07. The van der Waals surface area contributed by atoms with Crippen molar-refractivity contribution in [3.8, 4) is 28.7 Å². The molecule has 0 aliphatic carbocycles. The highest BCUT2D eigenvalue weighted by Crippen LogP contribution is 2.38. The van der Waals surface area contributed by atoms with E-state index in [-0.39, 0.29) is 5.91 Å². The molecule has 0 saturated carbocycles. The zero-order chi connectivity index (χ0) is 22.5. The number of nitrogens with one attached hydrogen (secondary N) is 1. The minimum Gasteiger partial charge on any atom is -0.493 e. The number of para-hydroxylation sites is 2. The molecule has 0 aliphatic rings. The minimum absolute atomic E-state index is 0.0895. The predicted molar refractivity (Wildman–Crippen MR) is 122 cm³/mol. The third-order valence-corrected chi connectivity index (χ3v) is 5.07. The fourth-order valence-corrected chi connectivity index (χ4v) is 3.45. The standard InChI is InChI=1S/C25H24N2O5/c1-29-21-14-16(15-22(30-2)24(21)31-3)8-13-23(28)26-18-11-9-17(10-12-18)25-27-19-6-4-5-7-20(19)32-25/h4-7,9-12,14-15H,8,13H2,1-3H3,(H,26,28). The Balaban J connectivity index is 1.39. The molecule has 1 N–H and O–H groups in total. The van der Waals surface area contributed by atoms with Crippen LogP contribution in [0.2, 0.25) is 0 Å². The van der Waals surface area contributed by atoms with Gasteiger partial charge in [-0.25, -0.2) is 4.98 Å². The van der Waals surface area contributed by atoms with E-state index in [1.807, 2.05) is 60.7 Å². The summed E-state index contributed by atoms with van der Waals surface area (Å²) in [6.45, 7) is 0. The van der Waals surface area contributed by atoms with Gasteiger partial charge in [0, 0.05) is 17.7 Å². The first-order chi connectivity index (χ1) is 15.6. The average Bonchev–Trinajstić information content (AvgIpc) is 3.26. The molecule has 0 atom stereocenters. The lowest BCUT2D eigenvalue weighted by Gasteiger charge is -2.14. The summed E-state index contributed by atoms with van der Waals surface area (Å²) in [5.41, 5.74) is 4.02. The molecule has 0 radical (unpaired) electrons. The fourth-order valence-electron chi connectivity index (χ4n) is 3.45. The molecular formula is C25H24N2O5. The first kappa shape index (κ1) is 21.2. The van der Waals surface area contributed by atoms with Crippen LogP contribution in [0.3, 0.4) is 0 Å². The summed E-state index contributed by atoms with van der Waals surface area (Å²) in [4.78, 5) is 17.0. The molecule has 7 heteroatoms. The number of benzene rings is 3. The zero-order valence-corrected chi connectivity index (χ0v) is 18.2. The number of ether oxygens (including phenoxy) is 3. The largest absolute Gasteiger partial charge is 0.493 e. The van der Waals surface area contributed by atoms with E-state index < -0.39 is 0 Å². The number of carbonyl (C=O) groups is 1. The van der Waals surface area contributed by atoms with Gasteiger partial charge in [0.2, 0.25) is 17.5 Å². The maximum absolute atomic E-state index is 12.5. The molecule has 0 spiro atoms. The number of anilines is 1. The summed E-state index contributed by atoms with van der Waals surface area (Å²) in [6, 6.07) is 18.7. The average molecular weight is 432 g/mol. The molecule has 0 aliphatic heterocycles. The lowest BCUT2D eigenvalue weighted by molar-refractivity contribution is -0.116. The minimum atomic E-state index is -0.0895. The van der Waals surface area contributed by atoms with Crippen molar-refractivity contribution in [2.24, 2.45) is 0 Å². The molecule has 1 heterocycles. The normalized spacial score (nSPS) is 10.7. The Hall–Kier alpha value is -4.00. The lowest BCUT2D eigenvalue weighted by atomic mass is 10.1. The smallest absolute Gasteiger partial charge is 0.227 e. The van der Waals surface area contributed by atoms with Crippen LogP contribution in [0.5, 0.6) is 17.2 Å². The van der Waals surface area contributed by atoms with Gasteiger partial charge in [-0.2, -0.15) is 0 Å². The molecule has 0 saturated heterocycles. The van der Waals surface area contributed by atoms with Gasteiger partial charge in [-0.3, -0.25) is 4.79 Å². The summed E-state index contributed by atoms with van der Waals surface area (Å²) in [7, 11) is 4.69. The predicted octanol–water partition coefficient (Wildman–Crippen LogP) is 5.09. The van der Waals surface area contributed by atoms with Gasteiger partial charge in [0.05, 0.1) is 21.3 Å². The Kier molecular flexibility index (Phi) is 6.26. The number of nitrogens with zero attached hydrogens (tertiary/aromatic N) is 1. The molecule has 164 valence electrons. The van der Waals surface area contributed by atoms with Crippen molar-refractivity contribution in [1.82, 2.24) is 4.98 Å². The second-order valence-electron chi connectivity index (χ2n) is 7.15. The molecule has 32 heavy (non-hydrogen) atoms. The van der Waals surface area contributed by atoms with Gasteiger partial charge < -0.3 is 23.9 Å². The van der Waals surface area contributed by atoms with E-state index in [1.165, 1.54) is 0 Å². The summed E-state index contributed by atoms with van der Waals surface area (Å²) >= 11 is 0. The van der Waals surface area contributed by atoms with Gasteiger partial charge >= 0.3 is 0 Å². The molecular weight excluding hydrogens is 408 g/mol. The number of methoxy groups -OCH3 is 3. The van der Waals surface area contributed by atoms with Crippen LogP contribution in [-0.4, -0.2) is 32.2 Å². The van der Waals surface area contributed by atoms with Crippen LogP contribution < -0.4 is 19.5 Å². The fraction of sp³-hybridized carbons (Fsp3) is 0.200. The number of hydrogen-bond acceptors (Lipinski definition) is 6. The maximum Gasteiger partial charge on any atom is 0.227 e. The molecule has 0 bridgehead atoms. The van der Waals surface area contributed by atoms with E-state index in [4.69, 9.17) is 18.6 Å². The van der Waals surface area contributed by atoms with Crippen LogP contribution in [0, 0.1) is 0 Å². The molecule has 1 aromatic heterocycles. The molecule has 1 amide bonds. The van der Waals surface area contributed by atoms with E-state index in [2.05, 4.69) is 10.3 Å². The highest BCUT2D eigenvalue weighted by atomic mass is 16.5. The maximum atomic E-state index is 12.5. The van der Waals surface area contributed by atoms with Crippen molar-refractivity contribution >= 4 is 22.7 Å². The monoisotopic (exact) mass is 432 g/mol. The Labute approximate surface area is 185 Å². The van der Waals surface area contributed by atoms with Gasteiger partial charge in [0.25, 0.3) is 0 Å². The van der Waals surface area contributed by atoms with Crippen molar-refractivity contribution < 1.29 is 23.4 Å². The van der Waals surface area contributed by atoms with Crippen molar-refractivity contribution in [2.45, 2.75) is 12.8 Å². The number of aryl methyl sites for hydroxylation is 1. The van der Waals surface area contributed by atoms with E-state index >= 15 is 0 Å². The number of fused-ring (bicyclic) bond motifs is 1. The number of aromatic nitrogens is 1. The zero-order valence-electron chi connectivity index (χ0n) is 18.2. The van der Waals surface area contributed by atoms with Crippen molar-refractivity contribution in [3.05, 3.63) is 66.2 Å². The number of hydrogen-bond donors (Lipinski definition) is 1. The number of rotatable bonds is 8. The van der Waals surface area contributed by atoms with Crippen LogP contribution in [0.25, 0.3) is 22.6 Å². The number of oxazole rings is 1. The first-order valence-corrected chi connectivity index (χ1v) is 10.2. The Morgan fingerprint density at radius 2 is 1.62 bits per heavy atom. The molecule has 0 unspecified atom stereocenters. The Bertz CT molecular complexity index is 1170. The molecule has 0 fully saturated rings. The van der Waals surface area contributed by atoms with Gasteiger partial charge in [0.1, 0.15) is 5.52 Å². The van der Waals surface area contributed by atoms with Gasteiger partial charge in [-0.15, -0.1) is 0 Å². The Morgan fingerprint density at radius 3 is 2.25 bits per heavy atom. The number of carbonyl (C=O) groups excluding carboxylic acids is 1. The van der Waals surface area contributed by atoms with E-state index in [0.29, 0.717) is 41.7 Å². The highest BCUT2D eigenvalue weighted by Gasteiger charge is 2.14. The molecule has 7 nitrogen and oxygen atoms in total. The molecule has 3 aromatic carbocycles. The van der Waals surface area contributed by atoms with Crippen LogP contribution in [-0.2, 0) is 11.2 Å². The van der Waals surface area contributed by atoms with Crippen LogP contribution in [0.4, 0.5) is 5.69 Å². The second kappa shape index (κ2) is 9.43. The van der Waals surface area contributed by atoms with Crippen molar-refractivity contribution in [1.29, 1.82) is 0 Å². The van der Waals surface area contributed by atoms with Gasteiger partial charge in [-0.1, -0.05) is 12.1 Å². The highest BCUT2D eigenvalue weighted by molar-refractivity contribution is 5.91. The topological polar surface area (TPSA) is 82.8 Å². The summed E-state index contributed by atoms with van der Waals surface area (Å²) < 4.78 is 21.9. The quantitative estimate of drug-likeness (QED) is 0.418. The van der Waals surface area contributed by atoms with Crippen LogP contribution >= 0.6 is 0 Å². The van der Waals surface area contributed by atoms with Gasteiger partial charge in [0.15, 0.2) is 17.1 Å². The van der Waals surface area contributed by atoms with E-state index in [1.54, 1.807) is 21.3 Å². The van der Waals surface area contributed by atoms with Crippen molar-refractivity contribution in [3.63, 3.8) is 0 Å². The third kappa shape index (κ3) is 4.51. The van der Waals surface area contributed by atoms with E-state index in [0.717, 1.165) is 22.2 Å².